The molecular formula is C29H28F3N3O3. The molecule has 0 bridgehead atoms. The van der Waals surface area contributed by atoms with E-state index < -0.39 is 23.4 Å². The Labute approximate surface area is 218 Å². The number of carbonyl (C=O) groups excluding carboxylic acids is 1. The van der Waals surface area contributed by atoms with Crippen LogP contribution in [0.25, 0.3) is 34.0 Å². The molecule has 3 aromatic carbocycles. The average molecular weight is 524 g/mol. The third-order valence-electron chi connectivity index (χ3n) is 5.82. The van der Waals surface area contributed by atoms with E-state index in [1.165, 1.54) is 12.1 Å². The Bertz CT molecular complexity index is 1440. The maximum atomic E-state index is 13.5. The molecule has 0 aliphatic heterocycles. The van der Waals surface area contributed by atoms with Gasteiger partial charge in [-0.25, -0.2) is 4.79 Å². The van der Waals surface area contributed by atoms with E-state index in [1.807, 2.05) is 31.2 Å². The summed E-state index contributed by atoms with van der Waals surface area (Å²) < 4.78 is 51.2. The number of carbonyl (C=O) groups is 1. The Kier molecular flexibility index (Phi) is 7.31. The van der Waals surface area contributed by atoms with E-state index in [2.05, 4.69) is 15.5 Å². The smallest absolute Gasteiger partial charge is 0.417 e. The minimum Gasteiger partial charge on any atom is -0.444 e. The van der Waals surface area contributed by atoms with Crippen LogP contribution in [0.5, 0.6) is 0 Å². The van der Waals surface area contributed by atoms with Crippen molar-refractivity contribution in [1.82, 2.24) is 15.5 Å². The minimum atomic E-state index is -4.46. The number of aryl methyl sites for hydroxylation is 1. The van der Waals surface area contributed by atoms with Crippen LogP contribution in [0.1, 0.15) is 50.4 Å². The fourth-order valence-corrected chi connectivity index (χ4v) is 4.01. The number of rotatable bonds is 5. The molecule has 38 heavy (non-hydrogen) atoms. The van der Waals surface area contributed by atoms with E-state index in [0.29, 0.717) is 28.1 Å². The van der Waals surface area contributed by atoms with Gasteiger partial charge < -0.3 is 14.6 Å². The van der Waals surface area contributed by atoms with Crippen molar-refractivity contribution in [1.29, 1.82) is 0 Å². The molecule has 1 N–H and O–H groups in total. The second-order valence-corrected chi connectivity index (χ2v) is 9.99. The van der Waals surface area contributed by atoms with Crippen LogP contribution in [-0.2, 0) is 10.9 Å². The minimum absolute atomic E-state index is 0.116. The first kappa shape index (κ1) is 26.9. The molecule has 0 aliphatic rings. The lowest BCUT2D eigenvalue weighted by atomic mass is 9.94. The lowest BCUT2D eigenvalue weighted by Gasteiger charge is -2.22. The zero-order valence-electron chi connectivity index (χ0n) is 21.7. The predicted octanol–water partition coefficient (Wildman–Crippen LogP) is 7.98. The van der Waals surface area contributed by atoms with E-state index in [1.54, 1.807) is 52.0 Å². The van der Waals surface area contributed by atoms with Crippen LogP contribution in [0.4, 0.5) is 18.0 Å². The molecule has 9 heteroatoms. The molecule has 1 heterocycles. The summed E-state index contributed by atoms with van der Waals surface area (Å²) in [4.78, 5) is 16.5. The lowest BCUT2D eigenvalue weighted by molar-refractivity contribution is -0.137. The van der Waals surface area contributed by atoms with Gasteiger partial charge in [-0.05, 0) is 75.1 Å². The number of ether oxygens (including phenoxy) is 1. The van der Waals surface area contributed by atoms with Gasteiger partial charge in [0, 0.05) is 11.1 Å². The van der Waals surface area contributed by atoms with Gasteiger partial charge in [-0.15, -0.1) is 0 Å². The number of nitrogens with one attached hydrogen (secondary N) is 1. The van der Waals surface area contributed by atoms with Crippen molar-refractivity contribution in [2.75, 3.05) is 0 Å². The second kappa shape index (κ2) is 10.3. The van der Waals surface area contributed by atoms with Crippen molar-refractivity contribution < 1.29 is 27.2 Å². The molecule has 4 aromatic rings. The van der Waals surface area contributed by atoms with Crippen LogP contribution in [0.2, 0.25) is 0 Å². The molecule has 0 aliphatic carbocycles. The van der Waals surface area contributed by atoms with Crippen LogP contribution >= 0.6 is 0 Å². The number of hydrogen-bond donors (Lipinski definition) is 1. The molecule has 1 aromatic heterocycles. The van der Waals surface area contributed by atoms with Crippen LogP contribution in [0.3, 0.4) is 0 Å². The summed E-state index contributed by atoms with van der Waals surface area (Å²) in [6, 6.07) is 17.6. The molecule has 4 rings (SSSR count). The lowest BCUT2D eigenvalue weighted by Crippen LogP contribution is -2.34. The summed E-state index contributed by atoms with van der Waals surface area (Å²) >= 11 is 0. The van der Waals surface area contributed by atoms with Crippen molar-refractivity contribution in [3.63, 3.8) is 0 Å². The van der Waals surface area contributed by atoms with Crippen LogP contribution in [0, 0.1) is 6.92 Å². The first-order valence-corrected chi connectivity index (χ1v) is 12.0. The average Bonchev–Trinajstić information content (AvgIpc) is 3.33. The second-order valence-electron chi connectivity index (χ2n) is 9.99. The topological polar surface area (TPSA) is 77.2 Å². The third kappa shape index (κ3) is 6.22. The Morgan fingerprint density at radius 2 is 1.61 bits per heavy atom. The van der Waals surface area contributed by atoms with E-state index in [0.717, 1.165) is 11.6 Å². The fourth-order valence-electron chi connectivity index (χ4n) is 4.01. The first-order valence-electron chi connectivity index (χ1n) is 12.0. The molecule has 0 saturated carbocycles. The number of hydrogen-bond acceptors (Lipinski definition) is 5. The van der Waals surface area contributed by atoms with Crippen LogP contribution in [-0.4, -0.2) is 21.8 Å². The summed E-state index contributed by atoms with van der Waals surface area (Å²) in [7, 11) is 0. The summed E-state index contributed by atoms with van der Waals surface area (Å²) in [5.74, 6) is 0.617. The molecule has 0 fully saturated rings. The van der Waals surface area contributed by atoms with E-state index in [4.69, 9.17) is 9.26 Å². The molecule has 1 amide bonds. The van der Waals surface area contributed by atoms with Crippen molar-refractivity contribution in [2.45, 2.75) is 52.4 Å². The number of nitrogens with zero attached hydrogens (tertiary/aromatic N) is 2. The molecule has 1 atom stereocenters. The van der Waals surface area contributed by atoms with Gasteiger partial charge in [0.2, 0.25) is 5.82 Å². The standard InChI is InChI=1S/C29H28F3N3O3/c1-17-16-21(14-15-22(17)23-8-6-7-9-24(23)29(30,31)32)26-34-25(35-38-26)20-12-10-19(11-13-20)18(2)33-27(36)37-28(3,4)5/h6-16,18H,1-5H3,(H,33,36). The largest absolute Gasteiger partial charge is 0.444 e. The normalized spacial score (nSPS) is 12.7. The fraction of sp³-hybridized carbons (Fsp3) is 0.276. The monoisotopic (exact) mass is 523 g/mol. The number of benzene rings is 3. The maximum Gasteiger partial charge on any atom is 0.417 e. The van der Waals surface area contributed by atoms with E-state index in [-0.39, 0.29) is 17.5 Å². The maximum absolute atomic E-state index is 13.5. The van der Waals surface area contributed by atoms with Crippen molar-refractivity contribution >= 4 is 6.09 Å². The van der Waals surface area contributed by atoms with Crippen LogP contribution < -0.4 is 5.32 Å². The number of alkyl halides is 3. The summed E-state index contributed by atoms with van der Waals surface area (Å²) in [5, 5.41) is 6.86. The predicted molar refractivity (Wildman–Crippen MR) is 138 cm³/mol. The number of aromatic nitrogens is 2. The number of amides is 1. The first-order chi connectivity index (χ1) is 17.8. The molecule has 0 radical (unpaired) electrons. The Morgan fingerprint density at radius 3 is 2.24 bits per heavy atom. The Morgan fingerprint density at radius 1 is 0.947 bits per heavy atom. The van der Waals surface area contributed by atoms with Gasteiger partial charge in [0.15, 0.2) is 0 Å². The Hall–Kier alpha value is -4.14. The van der Waals surface area contributed by atoms with Gasteiger partial charge in [-0.2, -0.15) is 18.2 Å². The highest BCUT2D eigenvalue weighted by molar-refractivity contribution is 5.74. The highest BCUT2D eigenvalue weighted by Crippen LogP contribution is 2.39. The molecule has 0 saturated heterocycles. The van der Waals surface area contributed by atoms with Crippen molar-refractivity contribution in [2.24, 2.45) is 0 Å². The van der Waals surface area contributed by atoms with Gasteiger partial charge in [0.1, 0.15) is 5.60 Å². The molecule has 1 unspecified atom stereocenters. The highest BCUT2D eigenvalue weighted by Gasteiger charge is 2.33. The molecule has 0 spiro atoms. The van der Waals surface area contributed by atoms with E-state index in [9.17, 15) is 18.0 Å². The van der Waals surface area contributed by atoms with Gasteiger partial charge >= 0.3 is 12.3 Å². The zero-order chi connectivity index (χ0) is 27.7. The van der Waals surface area contributed by atoms with Crippen molar-refractivity contribution in [3.8, 4) is 34.0 Å². The van der Waals surface area contributed by atoms with Gasteiger partial charge in [0.25, 0.3) is 5.89 Å². The van der Waals surface area contributed by atoms with Gasteiger partial charge in [-0.1, -0.05) is 53.7 Å². The quantitative estimate of drug-likeness (QED) is 0.287. The summed E-state index contributed by atoms with van der Waals surface area (Å²) in [6.07, 6.45) is -4.96. The van der Waals surface area contributed by atoms with Gasteiger partial charge in [-0.3, -0.25) is 0 Å². The van der Waals surface area contributed by atoms with Gasteiger partial charge in [0.05, 0.1) is 11.6 Å². The third-order valence-corrected chi connectivity index (χ3v) is 5.82. The van der Waals surface area contributed by atoms with Crippen LogP contribution in [0.15, 0.2) is 71.3 Å². The molecular weight excluding hydrogens is 495 g/mol. The summed E-state index contributed by atoms with van der Waals surface area (Å²) in [5.41, 5.74) is 2.15. The van der Waals surface area contributed by atoms with E-state index >= 15 is 0 Å². The number of alkyl carbamates (subject to hydrolysis) is 1. The zero-order valence-corrected chi connectivity index (χ0v) is 21.7. The molecule has 198 valence electrons. The Balaban J connectivity index is 1.51. The number of halogens is 3. The SMILES string of the molecule is Cc1cc(-c2nc(-c3ccc(C(C)NC(=O)OC(C)(C)C)cc3)no2)ccc1-c1ccccc1C(F)(F)F. The molecule has 6 nitrogen and oxygen atoms in total. The highest BCUT2D eigenvalue weighted by atomic mass is 19.4. The summed E-state index contributed by atoms with van der Waals surface area (Å²) in [6.45, 7) is 8.99. The van der Waals surface area contributed by atoms with Crippen molar-refractivity contribution in [3.05, 3.63) is 83.4 Å².